The van der Waals surface area contributed by atoms with Gasteiger partial charge in [-0.3, -0.25) is 0 Å². The molecule has 0 aliphatic rings. The number of benzene rings is 2. The highest BCUT2D eigenvalue weighted by atomic mass is 33.1. The molecule has 0 amide bonds. The van der Waals surface area contributed by atoms with Gasteiger partial charge in [0.15, 0.2) is 0 Å². The molecular weight excluding hydrogens is 585 g/mol. The van der Waals surface area contributed by atoms with E-state index in [-0.39, 0.29) is 0 Å². The number of ether oxygens (including phenoxy) is 2. The van der Waals surface area contributed by atoms with Gasteiger partial charge in [-0.15, -0.1) is 0 Å². The van der Waals surface area contributed by atoms with Crippen molar-refractivity contribution in [1.82, 2.24) is 21.3 Å². The molecule has 0 heterocycles. The zero-order valence-electron chi connectivity index (χ0n) is 27.0. The second-order valence-electron chi connectivity index (χ2n) is 10.7. The van der Waals surface area contributed by atoms with Crippen LogP contribution in [-0.2, 0) is 13.1 Å². The molecule has 8 heteroatoms. The van der Waals surface area contributed by atoms with Gasteiger partial charge in [0.2, 0.25) is 0 Å². The number of hydrogen-bond donors (Lipinski definition) is 4. The molecule has 4 N–H and O–H groups in total. The van der Waals surface area contributed by atoms with Crippen LogP contribution in [0.3, 0.4) is 0 Å². The van der Waals surface area contributed by atoms with Gasteiger partial charge >= 0.3 is 0 Å². The lowest BCUT2D eigenvalue weighted by Gasteiger charge is -2.11. The molecule has 0 aliphatic carbocycles. The Balaban J connectivity index is 1.25. The molecule has 44 heavy (non-hydrogen) atoms. The van der Waals surface area contributed by atoms with Crippen LogP contribution in [0.1, 0.15) is 62.5 Å². The summed E-state index contributed by atoms with van der Waals surface area (Å²) in [5.41, 5.74) is 2.42. The van der Waals surface area contributed by atoms with Crippen LogP contribution in [0.4, 0.5) is 0 Å². The van der Waals surface area contributed by atoms with Crippen molar-refractivity contribution in [3.63, 3.8) is 0 Å². The summed E-state index contributed by atoms with van der Waals surface area (Å²) in [6.07, 6.45) is 13.7. The fourth-order valence-corrected chi connectivity index (χ4v) is 6.53. The van der Waals surface area contributed by atoms with Crippen molar-refractivity contribution < 1.29 is 9.47 Å². The number of unbranched alkanes of at least 4 members (excludes halogenated alkanes) is 6. The minimum atomic E-state index is 0.548. The highest BCUT2D eigenvalue weighted by molar-refractivity contribution is 8.76. The lowest BCUT2D eigenvalue weighted by molar-refractivity contribution is 0.357. The molecule has 246 valence electrons. The van der Waals surface area contributed by atoms with Crippen LogP contribution in [0.2, 0.25) is 0 Å². The number of rotatable bonds is 31. The molecule has 0 bridgehead atoms. The lowest BCUT2D eigenvalue weighted by Crippen LogP contribution is -2.19. The third-order valence-corrected chi connectivity index (χ3v) is 9.42. The Labute approximate surface area is 276 Å². The topological polar surface area (TPSA) is 66.6 Å². The summed E-state index contributed by atoms with van der Waals surface area (Å²) in [5.74, 6) is 4.25. The van der Waals surface area contributed by atoms with Crippen molar-refractivity contribution in [2.24, 2.45) is 0 Å². The van der Waals surface area contributed by atoms with E-state index < -0.39 is 0 Å². The Morgan fingerprint density at radius 2 is 0.886 bits per heavy atom. The van der Waals surface area contributed by atoms with Gasteiger partial charge in [0, 0.05) is 48.8 Å². The summed E-state index contributed by atoms with van der Waals surface area (Å²) in [5, 5.41) is 14.3. The van der Waals surface area contributed by atoms with E-state index in [9.17, 15) is 0 Å². The molecule has 2 aromatic carbocycles. The van der Waals surface area contributed by atoms with E-state index in [1.807, 2.05) is 45.9 Å². The maximum atomic E-state index is 5.73. The third-order valence-electron chi connectivity index (χ3n) is 7.01. The Hall–Kier alpha value is -1.94. The number of hydrogen-bond acceptors (Lipinski definition) is 8. The van der Waals surface area contributed by atoms with Crippen LogP contribution < -0.4 is 30.7 Å². The first-order chi connectivity index (χ1) is 21.8. The first-order valence-corrected chi connectivity index (χ1v) is 19.0. The van der Waals surface area contributed by atoms with Crippen LogP contribution in [0, 0.1) is 0 Å². The summed E-state index contributed by atoms with van der Waals surface area (Å²) < 4.78 is 11.5. The smallest absolute Gasteiger partial charge is 0.124 e. The number of para-hydroxylation sites is 2. The molecule has 0 saturated carbocycles. The van der Waals surface area contributed by atoms with Gasteiger partial charge in [-0.2, -0.15) is 0 Å². The Morgan fingerprint density at radius 3 is 1.30 bits per heavy atom. The van der Waals surface area contributed by atoms with Crippen LogP contribution in [0.25, 0.3) is 0 Å². The van der Waals surface area contributed by atoms with Crippen molar-refractivity contribution in [3.05, 3.63) is 85.0 Å². The van der Waals surface area contributed by atoms with Crippen molar-refractivity contribution in [2.45, 2.75) is 64.5 Å². The summed E-state index contributed by atoms with van der Waals surface area (Å²) in [6.45, 7) is 16.8. The summed E-state index contributed by atoms with van der Waals surface area (Å²) in [6, 6.07) is 16.5. The molecule has 0 aromatic heterocycles. The van der Waals surface area contributed by atoms with Gasteiger partial charge < -0.3 is 30.7 Å². The van der Waals surface area contributed by atoms with E-state index in [0.717, 1.165) is 63.9 Å². The Morgan fingerprint density at radius 1 is 0.500 bits per heavy atom. The maximum Gasteiger partial charge on any atom is 0.124 e. The van der Waals surface area contributed by atoms with Crippen molar-refractivity contribution in [1.29, 1.82) is 0 Å². The van der Waals surface area contributed by atoms with Gasteiger partial charge in [0.05, 0.1) is 0 Å². The Bertz CT molecular complexity index is 901. The SMILES string of the molecule is C=CCOc1ccccc1CNCCCCCCNCCSSCCNCCCCCCNCc1ccccc1OCC=C. The monoisotopic (exact) mass is 642 g/mol. The van der Waals surface area contributed by atoms with Gasteiger partial charge in [-0.05, 0) is 64.0 Å². The highest BCUT2D eigenvalue weighted by Crippen LogP contribution is 2.20. The summed E-state index contributed by atoms with van der Waals surface area (Å²) in [4.78, 5) is 0. The average molecular weight is 643 g/mol. The fourth-order valence-electron chi connectivity index (χ4n) is 4.63. The van der Waals surface area contributed by atoms with E-state index in [1.165, 1.54) is 74.0 Å². The summed E-state index contributed by atoms with van der Waals surface area (Å²) in [7, 11) is 3.98. The minimum Gasteiger partial charge on any atom is -0.489 e. The van der Waals surface area contributed by atoms with Crippen molar-refractivity contribution in [2.75, 3.05) is 64.0 Å². The van der Waals surface area contributed by atoms with Crippen LogP contribution in [-0.4, -0.2) is 64.0 Å². The molecule has 0 aliphatic heterocycles. The molecule has 0 atom stereocenters. The zero-order valence-corrected chi connectivity index (χ0v) is 28.6. The molecule has 0 spiro atoms. The molecule has 2 aromatic rings. The minimum absolute atomic E-state index is 0.548. The predicted octanol–water partition coefficient (Wildman–Crippen LogP) is 7.38. The van der Waals surface area contributed by atoms with E-state index in [2.05, 4.69) is 58.7 Å². The van der Waals surface area contributed by atoms with Gasteiger partial charge in [0.1, 0.15) is 24.7 Å². The van der Waals surface area contributed by atoms with Gasteiger partial charge in [-0.1, -0.05) is 109 Å². The van der Waals surface area contributed by atoms with E-state index in [0.29, 0.717) is 13.2 Å². The van der Waals surface area contributed by atoms with Crippen molar-refractivity contribution >= 4 is 21.6 Å². The van der Waals surface area contributed by atoms with E-state index in [1.54, 1.807) is 12.2 Å². The fraction of sp³-hybridized carbons (Fsp3) is 0.556. The molecule has 0 fully saturated rings. The molecule has 6 nitrogen and oxygen atoms in total. The van der Waals surface area contributed by atoms with Crippen molar-refractivity contribution in [3.8, 4) is 11.5 Å². The zero-order chi connectivity index (χ0) is 31.2. The largest absolute Gasteiger partial charge is 0.489 e. The van der Waals surface area contributed by atoms with Crippen LogP contribution in [0.15, 0.2) is 73.8 Å². The molecule has 0 saturated heterocycles. The third kappa shape index (κ3) is 20.2. The number of nitrogens with one attached hydrogen (secondary N) is 4. The molecule has 2 rings (SSSR count). The highest BCUT2D eigenvalue weighted by Gasteiger charge is 2.03. The van der Waals surface area contributed by atoms with Gasteiger partial charge in [0.25, 0.3) is 0 Å². The van der Waals surface area contributed by atoms with E-state index in [4.69, 9.17) is 9.47 Å². The van der Waals surface area contributed by atoms with Gasteiger partial charge in [-0.25, -0.2) is 0 Å². The maximum absolute atomic E-state index is 5.73. The Kier molecular flexibility index (Phi) is 24.8. The lowest BCUT2D eigenvalue weighted by atomic mass is 10.1. The normalized spacial score (nSPS) is 11.0. The van der Waals surface area contributed by atoms with Crippen LogP contribution >= 0.6 is 21.6 Å². The first kappa shape index (κ1) is 38.2. The quantitative estimate of drug-likeness (QED) is 0.0386. The molecule has 0 unspecified atom stereocenters. The predicted molar refractivity (Wildman–Crippen MR) is 195 cm³/mol. The standard InChI is InChI=1S/C36H58N4O2S2/c1-3-27-41-35-19-11-9-17-33(35)31-39-23-15-7-5-13-21-37-25-29-43-44-30-26-38-22-14-6-8-16-24-40-32-34-18-10-12-20-36(34)42-28-4-2/h3-4,9-12,17-20,37-40H,1-2,5-8,13-16,21-32H2. The van der Waals surface area contributed by atoms with Crippen LogP contribution in [0.5, 0.6) is 11.5 Å². The molecular formula is C36H58N4O2S2. The second-order valence-corrected chi connectivity index (χ2v) is 13.4. The summed E-state index contributed by atoms with van der Waals surface area (Å²) >= 11 is 0. The average Bonchev–Trinajstić information content (AvgIpc) is 3.05. The second kappa shape index (κ2) is 28.5. The first-order valence-electron chi connectivity index (χ1n) is 16.6. The van der Waals surface area contributed by atoms with E-state index >= 15 is 0 Å². The molecule has 0 radical (unpaired) electrons.